The van der Waals surface area contributed by atoms with Crippen LogP contribution in [0.3, 0.4) is 0 Å². The molecule has 0 atom stereocenters. The molecule has 0 heterocycles. The maximum absolute atomic E-state index is 11.1. The summed E-state index contributed by atoms with van der Waals surface area (Å²) in [4.78, 5) is 11.1. The molecule has 3 heteroatoms. The first-order valence-corrected chi connectivity index (χ1v) is 4.60. The Labute approximate surface area is 79.7 Å². The molecule has 13 heavy (non-hydrogen) atoms. The summed E-state index contributed by atoms with van der Waals surface area (Å²) in [5.74, 6) is -0.237. The van der Waals surface area contributed by atoms with Gasteiger partial charge in [-0.15, -0.1) is 0 Å². The average molecular weight is 186 g/mol. The molecule has 0 saturated heterocycles. The monoisotopic (exact) mass is 186 g/mol. The quantitative estimate of drug-likeness (QED) is 0.361. The fraction of sp³-hybridized carbons (Fsp3) is 0.700. The molecule has 0 aromatic rings. The maximum atomic E-state index is 11.1. The van der Waals surface area contributed by atoms with Crippen molar-refractivity contribution in [3.63, 3.8) is 0 Å². The van der Waals surface area contributed by atoms with E-state index in [0.29, 0.717) is 25.4 Å². The van der Waals surface area contributed by atoms with E-state index in [0.717, 1.165) is 6.42 Å². The van der Waals surface area contributed by atoms with Crippen LogP contribution in [0.4, 0.5) is 0 Å². The van der Waals surface area contributed by atoms with Crippen LogP contribution >= 0.6 is 0 Å². The topological polar surface area (TPSA) is 35.5 Å². The lowest BCUT2D eigenvalue weighted by atomic mass is 10.3. The molecule has 0 amide bonds. The van der Waals surface area contributed by atoms with Gasteiger partial charge in [0.25, 0.3) is 0 Å². The number of rotatable bonds is 6. The van der Waals surface area contributed by atoms with E-state index in [4.69, 9.17) is 9.47 Å². The Balaban J connectivity index is 3.38. The summed E-state index contributed by atoms with van der Waals surface area (Å²) in [5, 5.41) is 0. The summed E-state index contributed by atoms with van der Waals surface area (Å²) in [5.41, 5.74) is 0.649. The molecule has 0 saturated carbocycles. The Morgan fingerprint density at radius 2 is 2.08 bits per heavy atom. The van der Waals surface area contributed by atoms with Crippen molar-refractivity contribution in [3.8, 4) is 0 Å². The average Bonchev–Trinajstić information content (AvgIpc) is 2.16. The molecule has 0 N–H and O–H groups in total. The van der Waals surface area contributed by atoms with E-state index >= 15 is 0 Å². The highest BCUT2D eigenvalue weighted by Gasteiger charge is 2.02. The van der Waals surface area contributed by atoms with Crippen molar-refractivity contribution < 1.29 is 14.3 Å². The van der Waals surface area contributed by atoms with Gasteiger partial charge in [-0.3, -0.25) is 0 Å². The number of hydrogen-bond acceptors (Lipinski definition) is 3. The summed E-state index contributed by atoms with van der Waals surface area (Å²) in [6, 6.07) is 0. The van der Waals surface area contributed by atoms with E-state index < -0.39 is 0 Å². The van der Waals surface area contributed by atoms with Gasteiger partial charge < -0.3 is 9.47 Å². The van der Waals surface area contributed by atoms with E-state index in [9.17, 15) is 4.79 Å². The highest BCUT2D eigenvalue weighted by atomic mass is 16.5. The molecular formula is C10H18O3. The zero-order valence-electron chi connectivity index (χ0n) is 8.63. The normalized spacial score (nSPS) is 11.5. The first kappa shape index (κ1) is 12.2. The molecule has 0 aliphatic rings. The largest absolute Gasteiger partial charge is 0.462 e. The van der Waals surface area contributed by atoms with Gasteiger partial charge >= 0.3 is 5.97 Å². The first-order chi connectivity index (χ1) is 6.22. The molecular weight excluding hydrogens is 168 g/mol. The lowest BCUT2D eigenvalue weighted by molar-refractivity contribution is -0.139. The number of ether oxygens (including phenoxy) is 2. The van der Waals surface area contributed by atoms with Gasteiger partial charge in [-0.05, 0) is 20.8 Å². The molecule has 0 rings (SSSR count). The summed E-state index contributed by atoms with van der Waals surface area (Å²) >= 11 is 0. The number of allylic oxidation sites excluding steroid dienone is 1. The second-order valence-corrected chi connectivity index (χ2v) is 2.66. The van der Waals surface area contributed by atoms with Crippen LogP contribution in [0.2, 0.25) is 0 Å². The number of hydrogen-bond donors (Lipinski definition) is 0. The van der Waals surface area contributed by atoms with Gasteiger partial charge in [0.15, 0.2) is 0 Å². The van der Waals surface area contributed by atoms with Crippen LogP contribution in [-0.4, -0.2) is 25.8 Å². The van der Waals surface area contributed by atoms with E-state index in [2.05, 4.69) is 0 Å². The van der Waals surface area contributed by atoms with Gasteiger partial charge in [-0.2, -0.15) is 0 Å². The minimum Gasteiger partial charge on any atom is -0.462 e. The van der Waals surface area contributed by atoms with E-state index in [1.165, 1.54) is 0 Å². The Morgan fingerprint density at radius 3 is 2.62 bits per heavy atom. The molecule has 0 bridgehead atoms. The summed E-state index contributed by atoms with van der Waals surface area (Å²) < 4.78 is 10.1. The second-order valence-electron chi connectivity index (χ2n) is 2.66. The van der Waals surface area contributed by atoms with Crippen LogP contribution in [0, 0.1) is 0 Å². The van der Waals surface area contributed by atoms with Crippen LogP contribution in [0.25, 0.3) is 0 Å². The van der Waals surface area contributed by atoms with Crippen molar-refractivity contribution in [3.05, 3.63) is 11.6 Å². The highest BCUT2D eigenvalue weighted by Crippen LogP contribution is 1.96. The molecule has 3 nitrogen and oxygen atoms in total. The van der Waals surface area contributed by atoms with Gasteiger partial charge in [-0.1, -0.05) is 6.08 Å². The van der Waals surface area contributed by atoms with E-state index in [-0.39, 0.29) is 5.97 Å². The SMILES string of the molecule is CC=C(C)C(=O)OCCCOCC. The van der Waals surface area contributed by atoms with Gasteiger partial charge in [0.05, 0.1) is 6.61 Å². The summed E-state index contributed by atoms with van der Waals surface area (Å²) in [7, 11) is 0. The Hall–Kier alpha value is -0.830. The molecule has 0 radical (unpaired) electrons. The minimum absolute atomic E-state index is 0.237. The lowest BCUT2D eigenvalue weighted by Gasteiger charge is -2.04. The van der Waals surface area contributed by atoms with E-state index in [1.54, 1.807) is 13.0 Å². The van der Waals surface area contributed by atoms with Gasteiger partial charge in [0, 0.05) is 25.2 Å². The predicted molar refractivity (Wildman–Crippen MR) is 51.5 cm³/mol. The smallest absolute Gasteiger partial charge is 0.333 e. The summed E-state index contributed by atoms with van der Waals surface area (Å²) in [6.07, 6.45) is 2.50. The highest BCUT2D eigenvalue weighted by molar-refractivity contribution is 5.87. The van der Waals surface area contributed by atoms with Crippen molar-refractivity contribution in [1.29, 1.82) is 0 Å². The zero-order chi connectivity index (χ0) is 10.1. The lowest BCUT2D eigenvalue weighted by Crippen LogP contribution is -2.08. The predicted octanol–water partition coefficient (Wildman–Crippen LogP) is 1.92. The third-order valence-electron chi connectivity index (χ3n) is 1.63. The van der Waals surface area contributed by atoms with Crippen LogP contribution in [0.5, 0.6) is 0 Å². The minimum atomic E-state index is -0.237. The van der Waals surface area contributed by atoms with Crippen molar-refractivity contribution in [1.82, 2.24) is 0 Å². The van der Waals surface area contributed by atoms with Crippen molar-refractivity contribution in [2.45, 2.75) is 27.2 Å². The molecule has 0 aromatic heterocycles. The summed E-state index contributed by atoms with van der Waals surface area (Å²) in [6.45, 7) is 7.29. The first-order valence-electron chi connectivity index (χ1n) is 4.60. The number of esters is 1. The standard InChI is InChI=1S/C10H18O3/c1-4-9(3)10(11)13-8-6-7-12-5-2/h4H,5-8H2,1-3H3. The van der Waals surface area contributed by atoms with Crippen LogP contribution < -0.4 is 0 Å². The Morgan fingerprint density at radius 1 is 1.38 bits per heavy atom. The van der Waals surface area contributed by atoms with Gasteiger partial charge in [0.1, 0.15) is 0 Å². The molecule has 0 fully saturated rings. The third-order valence-corrected chi connectivity index (χ3v) is 1.63. The van der Waals surface area contributed by atoms with Crippen molar-refractivity contribution >= 4 is 5.97 Å². The van der Waals surface area contributed by atoms with E-state index in [1.807, 2.05) is 13.8 Å². The molecule has 0 unspecified atom stereocenters. The zero-order valence-corrected chi connectivity index (χ0v) is 8.63. The van der Waals surface area contributed by atoms with Gasteiger partial charge in [-0.25, -0.2) is 4.79 Å². The number of carbonyl (C=O) groups excluding carboxylic acids is 1. The van der Waals surface area contributed by atoms with Crippen molar-refractivity contribution in [2.75, 3.05) is 19.8 Å². The second kappa shape index (κ2) is 7.80. The molecule has 0 spiro atoms. The fourth-order valence-electron chi connectivity index (χ4n) is 0.702. The van der Waals surface area contributed by atoms with Gasteiger partial charge in [0.2, 0.25) is 0 Å². The fourth-order valence-corrected chi connectivity index (χ4v) is 0.702. The molecule has 0 aliphatic carbocycles. The molecule has 0 aromatic carbocycles. The van der Waals surface area contributed by atoms with Crippen molar-refractivity contribution in [2.24, 2.45) is 0 Å². The third kappa shape index (κ3) is 6.34. The number of carbonyl (C=O) groups is 1. The van der Waals surface area contributed by atoms with Crippen LogP contribution in [0.1, 0.15) is 27.2 Å². The maximum Gasteiger partial charge on any atom is 0.333 e. The van der Waals surface area contributed by atoms with Crippen LogP contribution in [-0.2, 0) is 14.3 Å². The Kier molecular flexibility index (Phi) is 7.30. The molecule has 76 valence electrons. The Bertz CT molecular complexity index is 173. The van der Waals surface area contributed by atoms with Crippen LogP contribution in [0.15, 0.2) is 11.6 Å². The molecule has 0 aliphatic heterocycles.